The predicted molar refractivity (Wildman–Crippen MR) is 302 cm³/mol. The number of nitrogens with one attached hydrogen (secondary N) is 6. The second-order valence-electron chi connectivity index (χ2n) is 20.3. The first-order chi connectivity index (χ1) is 33.3. The van der Waals surface area contributed by atoms with E-state index in [4.69, 9.17) is 0 Å². The van der Waals surface area contributed by atoms with Crippen molar-refractivity contribution in [3.8, 4) is 0 Å². The van der Waals surface area contributed by atoms with Crippen molar-refractivity contribution in [2.45, 2.75) is 84.5 Å². The zero-order valence-corrected chi connectivity index (χ0v) is 44.9. The third-order valence-corrected chi connectivity index (χ3v) is 13.4. The van der Waals surface area contributed by atoms with E-state index in [1.54, 1.807) is 0 Å². The van der Waals surface area contributed by atoms with E-state index in [2.05, 4.69) is 125 Å². The maximum Gasteiger partial charge on any atom is 0.0569 e. The zero-order chi connectivity index (χ0) is 52.8. The van der Waals surface area contributed by atoms with Gasteiger partial charge in [-0.15, -0.1) is 0 Å². The first-order valence-electron chi connectivity index (χ1n) is 24.7. The Morgan fingerprint density at radius 3 is 0.873 bits per heavy atom. The maximum absolute atomic E-state index is 4.19. The first kappa shape index (κ1) is 56.5. The zero-order valence-electron chi connectivity index (χ0n) is 44.9. The van der Waals surface area contributed by atoms with E-state index in [-0.39, 0.29) is 10.8 Å². The average Bonchev–Trinajstić information content (AvgIpc) is 4.09. The number of hydrogen-bond donors (Lipinski definition) is 6. The molecule has 0 unspecified atom stereocenters. The van der Waals surface area contributed by atoms with Crippen LogP contribution in [0.3, 0.4) is 0 Å². The summed E-state index contributed by atoms with van der Waals surface area (Å²) < 4.78 is 0. The van der Waals surface area contributed by atoms with E-state index in [1.807, 2.05) is 133 Å². The second kappa shape index (κ2) is 25.2. The summed E-state index contributed by atoms with van der Waals surface area (Å²) in [4.78, 5) is 0. The topological polar surface area (TPSA) is 91.6 Å². The van der Waals surface area contributed by atoms with E-state index in [0.717, 1.165) is 79.5 Å². The summed E-state index contributed by atoms with van der Waals surface area (Å²) in [5, 5.41) is 11.6. The maximum atomic E-state index is 4.19. The standard InChI is InChI=1S/C23H28N4.C19H32N4.C17H28N4/c1-18(24-26(5)20(3)22-13-9-7-10-14-22)17-19(2)25-27(6)21(4)23-15-11-8-12-16-23;1-14(20-22(7)16(3)18(5)9-10-18)13-15(2)21-23(8)17(4)19(6)11-12-19;1-12(18-20(5)14(3)16-7-8-16)11-13(2)19-21(6)15(4)17-9-10-17/h7-16,24-25H,1-4,17H2,5-6H3;20-21H,1-4,9-13H2,5-8H3;16-19H,1-4,7-11H2,5-6H3. The molecule has 384 valence electrons. The van der Waals surface area contributed by atoms with Gasteiger partial charge in [-0.3, -0.25) is 30.1 Å². The van der Waals surface area contributed by atoms with Crippen molar-refractivity contribution in [3.63, 3.8) is 0 Å². The Bertz CT molecular complexity index is 2150. The number of hydrazine groups is 6. The van der Waals surface area contributed by atoms with Crippen molar-refractivity contribution < 1.29 is 0 Å². The van der Waals surface area contributed by atoms with Gasteiger partial charge in [0.2, 0.25) is 0 Å². The summed E-state index contributed by atoms with van der Waals surface area (Å²) in [5.74, 6) is 1.29. The molecule has 2 aromatic rings. The number of allylic oxidation sites excluding steroid dienone is 4. The van der Waals surface area contributed by atoms with Gasteiger partial charge in [0.25, 0.3) is 0 Å². The van der Waals surface area contributed by atoms with Gasteiger partial charge in [-0.1, -0.05) is 153 Å². The fourth-order valence-corrected chi connectivity index (χ4v) is 7.64. The Morgan fingerprint density at radius 2 is 0.634 bits per heavy atom. The van der Waals surface area contributed by atoms with E-state index < -0.39 is 0 Å². The van der Waals surface area contributed by atoms with Crippen LogP contribution in [0.1, 0.15) is 95.6 Å². The van der Waals surface area contributed by atoms with Crippen molar-refractivity contribution in [2.75, 3.05) is 42.3 Å². The molecule has 71 heavy (non-hydrogen) atoms. The van der Waals surface area contributed by atoms with Crippen LogP contribution in [0.15, 0.2) is 197 Å². The van der Waals surface area contributed by atoms with Gasteiger partial charge < -0.3 is 32.6 Å². The Kier molecular flexibility index (Phi) is 20.0. The van der Waals surface area contributed by atoms with Gasteiger partial charge >= 0.3 is 0 Å². The van der Waals surface area contributed by atoms with Gasteiger partial charge in [-0.2, -0.15) is 0 Å². The summed E-state index contributed by atoms with van der Waals surface area (Å²) in [6.45, 7) is 53.8. The van der Waals surface area contributed by atoms with Crippen molar-refractivity contribution in [1.29, 1.82) is 0 Å². The van der Waals surface area contributed by atoms with Crippen LogP contribution in [0, 0.1) is 22.7 Å². The summed E-state index contributed by atoms with van der Waals surface area (Å²) >= 11 is 0. The molecule has 6 N–H and O–H groups in total. The number of nitrogens with zero attached hydrogens (tertiary/aromatic N) is 6. The Hall–Kier alpha value is -7.08. The molecular formula is C59H88N12. The van der Waals surface area contributed by atoms with Gasteiger partial charge in [0.15, 0.2) is 0 Å². The predicted octanol–water partition coefficient (Wildman–Crippen LogP) is 11.6. The third-order valence-electron chi connectivity index (χ3n) is 13.4. The summed E-state index contributed by atoms with van der Waals surface area (Å²) in [6.07, 6.45) is 11.7. The summed E-state index contributed by atoms with van der Waals surface area (Å²) in [6, 6.07) is 20.0. The van der Waals surface area contributed by atoms with Crippen molar-refractivity contribution in [3.05, 3.63) is 208 Å². The minimum absolute atomic E-state index is 0.259. The lowest BCUT2D eigenvalue weighted by molar-refractivity contribution is 0.278. The van der Waals surface area contributed by atoms with E-state index in [9.17, 15) is 0 Å². The molecule has 6 rings (SSSR count). The quantitative estimate of drug-likeness (QED) is 0.0421. The SMILES string of the molecule is C=C(CC(=C)NN(C)C(=C)C1(C)CC1)NN(C)C(=C)C1(C)CC1.C=C(CC(=C)NN(C)C(=C)C1CC1)NN(C)C(=C)C1CC1.C=C(CC(=C)NN(C)C(=C)c1ccccc1)NN(C)C(=C)c1ccccc1. The number of benzene rings is 2. The van der Waals surface area contributed by atoms with Crippen LogP contribution < -0.4 is 32.6 Å². The van der Waals surface area contributed by atoms with Gasteiger partial charge in [0.1, 0.15) is 0 Å². The summed E-state index contributed by atoms with van der Waals surface area (Å²) in [5.41, 5.74) is 33.7. The molecule has 4 aliphatic rings. The number of rotatable bonds is 30. The molecule has 4 saturated carbocycles. The highest BCUT2D eigenvalue weighted by Crippen LogP contribution is 2.52. The minimum Gasteiger partial charge on any atom is -0.303 e. The van der Waals surface area contributed by atoms with E-state index in [1.165, 1.54) is 51.4 Å². The molecule has 0 amide bonds. The third kappa shape index (κ3) is 18.3. The molecule has 12 heteroatoms. The van der Waals surface area contributed by atoms with Crippen LogP contribution >= 0.6 is 0 Å². The molecule has 0 heterocycles. The Morgan fingerprint density at radius 1 is 0.394 bits per heavy atom. The van der Waals surface area contributed by atoms with Crippen LogP contribution in [-0.2, 0) is 0 Å². The normalized spacial score (nSPS) is 15.0. The van der Waals surface area contributed by atoms with Crippen LogP contribution in [0.25, 0.3) is 11.4 Å². The van der Waals surface area contributed by atoms with Crippen molar-refractivity contribution in [2.24, 2.45) is 22.7 Å². The molecule has 0 radical (unpaired) electrons. The molecule has 2 aromatic carbocycles. The van der Waals surface area contributed by atoms with Crippen LogP contribution in [0.4, 0.5) is 0 Å². The van der Waals surface area contributed by atoms with Crippen LogP contribution in [0.5, 0.6) is 0 Å². The molecule has 12 nitrogen and oxygen atoms in total. The molecule has 0 aliphatic heterocycles. The molecule has 0 saturated heterocycles. The average molecular weight is 965 g/mol. The van der Waals surface area contributed by atoms with E-state index >= 15 is 0 Å². The summed E-state index contributed by atoms with van der Waals surface area (Å²) in [7, 11) is 11.8. The van der Waals surface area contributed by atoms with Crippen LogP contribution in [0.2, 0.25) is 0 Å². The Balaban J connectivity index is 0.000000233. The molecule has 4 fully saturated rings. The lowest BCUT2D eigenvalue weighted by Gasteiger charge is -2.31. The smallest absolute Gasteiger partial charge is 0.0569 e. The molecule has 0 spiro atoms. The highest BCUT2D eigenvalue weighted by Gasteiger charge is 2.43. The largest absolute Gasteiger partial charge is 0.303 e. The highest BCUT2D eigenvalue weighted by atomic mass is 15.5. The lowest BCUT2D eigenvalue weighted by Crippen LogP contribution is -2.38. The fourth-order valence-electron chi connectivity index (χ4n) is 7.64. The van der Waals surface area contributed by atoms with Crippen molar-refractivity contribution in [1.82, 2.24) is 62.6 Å². The van der Waals surface area contributed by atoms with Gasteiger partial charge in [-0.25, -0.2) is 0 Å². The number of hydrogen-bond acceptors (Lipinski definition) is 12. The Labute approximate surface area is 429 Å². The van der Waals surface area contributed by atoms with Crippen LogP contribution in [-0.4, -0.2) is 72.3 Å². The molecule has 0 bridgehead atoms. The molecule has 0 atom stereocenters. The second-order valence-corrected chi connectivity index (χ2v) is 20.3. The molecule has 4 aliphatic carbocycles. The lowest BCUT2D eigenvalue weighted by atomic mass is 10.1. The monoisotopic (exact) mass is 965 g/mol. The fraction of sp³-hybridized carbons (Fsp3) is 0.390. The van der Waals surface area contributed by atoms with Crippen molar-refractivity contribution >= 4 is 11.4 Å². The van der Waals surface area contributed by atoms with E-state index in [0.29, 0.717) is 31.1 Å². The van der Waals surface area contributed by atoms with Gasteiger partial charge in [0.05, 0.1) is 11.4 Å². The van der Waals surface area contributed by atoms with Gasteiger partial charge in [0, 0.05) is 141 Å². The molecule has 0 aromatic heterocycles. The highest BCUT2D eigenvalue weighted by molar-refractivity contribution is 5.62. The first-order valence-corrected chi connectivity index (χ1v) is 24.7. The van der Waals surface area contributed by atoms with Gasteiger partial charge in [-0.05, 0) is 62.5 Å². The molecular weight excluding hydrogens is 877 g/mol. The minimum atomic E-state index is 0.259.